The highest BCUT2D eigenvalue weighted by molar-refractivity contribution is 6.03. The van der Waals surface area contributed by atoms with E-state index in [9.17, 15) is 9.59 Å². The highest BCUT2D eigenvalue weighted by atomic mass is 16.5. The summed E-state index contributed by atoms with van der Waals surface area (Å²) in [6.45, 7) is 8.75. The number of carbonyl (C=O) groups is 2. The van der Waals surface area contributed by atoms with E-state index in [-0.39, 0.29) is 11.8 Å². The molecule has 0 atom stereocenters. The Morgan fingerprint density at radius 1 is 0.653 bits per heavy atom. The van der Waals surface area contributed by atoms with Crippen molar-refractivity contribution in [3.63, 3.8) is 0 Å². The molecule has 49 heavy (non-hydrogen) atoms. The van der Waals surface area contributed by atoms with Crippen molar-refractivity contribution in [2.75, 3.05) is 50.2 Å². The first kappa shape index (κ1) is 36.1. The molecule has 4 aromatic carbocycles. The van der Waals surface area contributed by atoms with E-state index in [4.69, 9.17) is 9.47 Å². The molecule has 2 amide bonds. The minimum Gasteiger partial charge on any atom is -0.377 e. The van der Waals surface area contributed by atoms with Crippen LogP contribution in [0.1, 0.15) is 33.2 Å². The number of anilines is 2. The molecule has 4 aromatic rings. The largest absolute Gasteiger partial charge is 0.377 e. The molecule has 0 fully saturated rings. The standard InChI is InChI=1S/C38H43N7O4/c1-29(39-22-24-48-26-27-49-25-23-40-36(46)32-14-8-4-9-15-32)43-38(44-30(2)42-34-16-10-5-11-17-34)45-35-20-18-33(19-21-35)37(47)41-28-31-12-6-3-7-13-31/h3-21,42H,2,22-28H2,1H3,(H,40,46)(H,41,47)(H2,39,43,44,45). The molecule has 0 bridgehead atoms. The Hall–Kier alpha value is -5.78. The Morgan fingerprint density at radius 3 is 1.92 bits per heavy atom. The molecule has 0 spiro atoms. The Labute approximate surface area is 287 Å². The van der Waals surface area contributed by atoms with Crippen LogP contribution in [-0.4, -0.2) is 63.1 Å². The molecular weight excluding hydrogens is 618 g/mol. The van der Waals surface area contributed by atoms with Crippen LogP contribution in [0, 0.1) is 0 Å². The molecule has 0 aliphatic heterocycles. The molecular formula is C38H43N7O4. The molecule has 0 saturated carbocycles. The maximum atomic E-state index is 12.7. The predicted molar refractivity (Wildman–Crippen MR) is 196 cm³/mol. The van der Waals surface area contributed by atoms with E-state index >= 15 is 0 Å². The number of aliphatic imine (C=N–C) groups is 2. The van der Waals surface area contributed by atoms with Gasteiger partial charge in [0.2, 0.25) is 5.96 Å². The number of carbonyl (C=O) groups excluding carboxylic acids is 2. The summed E-state index contributed by atoms with van der Waals surface area (Å²) in [5.74, 6) is 1.13. The molecule has 254 valence electrons. The van der Waals surface area contributed by atoms with Gasteiger partial charge in [-0.25, -0.2) is 4.99 Å². The smallest absolute Gasteiger partial charge is 0.251 e. The fraction of sp³-hybridized carbons (Fsp3) is 0.211. The van der Waals surface area contributed by atoms with Gasteiger partial charge in [0.15, 0.2) is 0 Å². The molecule has 0 aliphatic rings. The first-order valence-corrected chi connectivity index (χ1v) is 16.0. The number of nitrogens with one attached hydrogen (secondary N) is 5. The van der Waals surface area contributed by atoms with Gasteiger partial charge in [-0.1, -0.05) is 73.3 Å². The van der Waals surface area contributed by atoms with Gasteiger partial charge in [0.05, 0.1) is 33.0 Å². The lowest BCUT2D eigenvalue weighted by molar-refractivity contribution is 0.0512. The normalized spacial score (nSPS) is 11.4. The van der Waals surface area contributed by atoms with Crippen molar-refractivity contribution in [1.82, 2.24) is 16.0 Å². The molecule has 0 aliphatic carbocycles. The van der Waals surface area contributed by atoms with E-state index in [0.29, 0.717) is 80.5 Å². The lowest BCUT2D eigenvalue weighted by Gasteiger charge is -2.16. The van der Waals surface area contributed by atoms with Crippen molar-refractivity contribution in [1.29, 1.82) is 0 Å². The predicted octanol–water partition coefficient (Wildman–Crippen LogP) is 5.44. The van der Waals surface area contributed by atoms with Gasteiger partial charge in [-0.05, 0) is 61.0 Å². The fourth-order valence-corrected chi connectivity index (χ4v) is 4.40. The molecule has 0 heterocycles. The number of guanidine groups is 1. The van der Waals surface area contributed by atoms with Crippen LogP contribution >= 0.6 is 0 Å². The van der Waals surface area contributed by atoms with Gasteiger partial charge in [-0.15, -0.1) is 0 Å². The topological polar surface area (TPSA) is 137 Å². The fourth-order valence-electron chi connectivity index (χ4n) is 4.40. The van der Waals surface area contributed by atoms with Crippen molar-refractivity contribution < 1.29 is 19.1 Å². The third kappa shape index (κ3) is 13.9. The van der Waals surface area contributed by atoms with Crippen LogP contribution in [0.4, 0.5) is 11.4 Å². The Bertz CT molecular complexity index is 1660. The van der Waals surface area contributed by atoms with Crippen molar-refractivity contribution in [3.05, 3.63) is 144 Å². The van der Waals surface area contributed by atoms with Gasteiger partial charge < -0.3 is 36.1 Å². The van der Waals surface area contributed by atoms with E-state index in [1.165, 1.54) is 0 Å². The number of amidine groups is 1. The first-order chi connectivity index (χ1) is 24.0. The average molecular weight is 662 g/mol. The van der Waals surface area contributed by atoms with Crippen LogP contribution in [0.15, 0.2) is 138 Å². The zero-order valence-corrected chi connectivity index (χ0v) is 27.7. The summed E-state index contributed by atoms with van der Waals surface area (Å²) in [6.07, 6.45) is 0. The highest BCUT2D eigenvalue weighted by Crippen LogP contribution is 2.11. The van der Waals surface area contributed by atoms with E-state index < -0.39 is 0 Å². The van der Waals surface area contributed by atoms with Crippen LogP contribution < -0.4 is 26.6 Å². The van der Waals surface area contributed by atoms with Gasteiger partial charge in [-0.2, -0.15) is 0 Å². The molecule has 4 rings (SSSR count). The first-order valence-electron chi connectivity index (χ1n) is 16.0. The zero-order valence-electron chi connectivity index (χ0n) is 27.7. The number of ether oxygens (including phenoxy) is 2. The van der Waals surface area contributed by atoms with Gasteiger partial charge >= 0.3 is 0 Å². The summed E-state index contributed by atoms with van der Waals surface area (Å²) in [5, 5.41) is 15.4. The molecule has 0 aromatic heterocycles. The van der Waals surface area contributed by atoms with Crippen LogP contribution in [-0.2, 0) is 16.0 Å². The number of amides is 2. The average Bonchev–Trinajstić information content (AvgIpc) is 3.12. The summed E-state index contributed by atoms with van der Waals surface area (Å²) < 4.78 is 11.2. The van der Waals surface area contributed by atoms with Crippen molar-refractivity contribution >= 4 is 35.0 Å². The van der Waals surface area contributed by atoms with E-state index in [1.54, 1.807) is 31.2 Å². The van der Waals surface area contributed by atoms with E-state index in [2.05, 4.69) is 43.1 Å². The van der Waals surface area contributed by atoms with Crippen LogP contribution in [0.25, 0.3) is 0 Å². The molecule has 11 heteroatoms. The van der Waals surface area contributed by atoms with Gasteiger partial charge in [-0.3, -0.25) is 14.6 Å². The summed E-state index contributed by atoms with van der Waals surface area (Å²) in [5.41, 5.74) is 3.78. The number of benzene rings is 4. The third-order valence-electron chi connectivity index (χ3n) is 6.83. The Morgan fingerprint density at radius 2 is 1.22 bits per heavy atom. The third-order valence-corrected chi connectivity index (χ3v) is 6.83. The zero-order chi connectivity index (χ0) is 34.5. The lowest BCUT2D eigenvalue weighted by atomic mass is 10.2. The molecule has 11 nitrogen and oxygen atoms in total. The second-order valence-electron chi connectivity index (χ2n) is 10.7. The van der Waals surface area contributed by atoms with Gasteiger partial charge in [0, 0.05) is 35.6 Å². The summed E-state index contributed by atoms with van der Waals surface area (Å²) in [6, 6.07) is 35.6. The summed E-state index contributed by atoms with van der Waals surface area (Å²) in [7, 11) is 0. The molecule has 0 unspecified atom stereocenters. The second-order valence-corrected chi connectivity index (χ2v) is 10.7. The van der Waals surface area contributed by atoms with E-state index in [0.717, 1.165) is 11.3 Å². The van der Waals surface area contributed by atoms with Crippen LogP contribution in [0.5, 0.6) is 0 Å². The Kier molecular flexibility index (Phi) is 15.1. The number of hydrogen-bond acceptors (Lipinski definition) is 6. The highest BCUT2D eigenvalue weighted by Gasteiger charge is 2.08. The maximum absolute atomic E-state index is 12.7. The van der Waals surface area contributed by atoms with Crippen molar-refractivity contribution in [3.8, 4) is 0 Å². The number of para-hydroxylation sites is 1. The lowest BCUT2D eigenvalue weighted by Crippen LogP contribution is -2.33. The SMILES string of the molecule is C=C(NC(=NC(C)=NCCOCCOCCNC(=O)c1ccccc1)Nc1ccc(C(=O)NCc2ccccc2)cc1)Nc1ccccc1. The minimum atomic E-state index is -0.160. The van der Waals surface area contributed by atoms with Crippen molar-refractivity contribution in [2.45, 2.75) is 13.5 Å². The van der Waals surface area contributed by atoms with Crippen LogP contribution in [0.2, 0.25) is 0 Å². The van der Waals surface area contributed by atoms with Gasteiger partial charge in [0.25, 0.3) is 11.8 Å². The Balaban J connectivity index is 1.23. The number of nitrogens with zero attached hydrogens (tertiary/aromatic N) is 2. The monoisotopic (exact) mass is 661 g/mol. The maximum Gasteiger partial charge on any atom is 0.251 e. The van der Waals surface area contributed by atoms with Gasteiger partial charge in [0.1, 0.15) is 11.7 Å². The summed E-state index contributed by atoms with van der Waals surface area (Å²) in [4.78, 5) is 33.9. The number of rotatable bonds is 17. The second kappa shape index (κ2) is 20.5. The quantitative estimate of drug-likeness (QED) is 0.0578. The van der Waals surface area contributed by atoms with Crippen molar-refractivity contribution in [2.24, 2.45) is 9.98 Å². The molecule has 0 saturated heterocycles. The number of hydrogen-bond donors (Lipinski definition) is 5. The summed E-state index contributed by atoms with van der Waals surface area (Å²) >= 11 is 0. The van der Waals surface area contributed by atoms with Crippen LogP contribution in [0.3, 0.4) is 0 Å². The van der Waals surface area contributed by atoms with E-state index in [1.807, 2.05) is 91.0 Å². The minimum absolute atomic E-state index is 0.126. The molecule has 0 radical (unpaired) electrons. The molecule has 5 N–H and O–H groups in total.